The fourth-order valence-corrected chi connectivity index (χ4v) is 5.05. The molecule has 1 aromatic heterocycles. The molecule has 2 unspecified atom stereocenters. The number of benzene rings is 1. The zero-order valence-corrected chi connectivity index (χ0v) is 16.8. The van der Waals surface area contributed by atoms with Crippen molar-refractivity contribution in [2.24, 2.45) is 5.73 Å². The van der Waals surface area contributed by atoms with E-state index in [1.807, 2.05) is 5.48 Å². The number of carbonyl (C=O) groups is 1. The van der Waals surface area contributed by atoms with Gasteiger partial charge in [0.05, 0.1) is 4.90 Å². The number of rotatable bonds is 6. The molecule has 3 N–H and O–H groups in total. The van der Waals surface area contributed by atoms with Gasteiger partial charge >= 0.3 is 12.4 Å². The maximum absolute atomic E-state index is 13.3. The molecular weight excluding hydrogens is 441 g/mol. The van der Waals surface area contributed by atoms with E-state index in [2.05, 4.69) is 9.72 Å². The largest absolute Gasteiger partial charge is 0.573 e. The third-order valence-corrected chi connectivity index (χ3v) is 6.75. The number of piperidine rings is 1. The second-order valence-corrected chi connectivity index (χ2v) is 8.81. The van der Waals surface area contributed by atoms with Crippen molar-refractivity contribution in [1.82, 2.24) is 10.5 Å². The number of urea groups is 1. The van der Waals surface area contributed by atoms with Crippen LogP contribution in [0, 0.1) is 0 Å². The van der Waals surface area contributed by atoms with E-state index in [1.54, 1.807) is 29.3 Å². The highest BCUT2D eigenvalue weighted by Crippen LogP contribution is 2.30. The molecule has 2 heterocycles. The minimum absolute atomic E-state index is 0.0226. The molecule has 1 aromatic carbocycles. The van der Waals surface area contributed by atoms with Crippen molar-refractivity contribution in [3.05, 3.63) is 48.7 Å². The van der Waals surface area contributed by atoms with E-state index in [9.17, 15) is 26.4 Å². The topological polar surface area (TPSA) is 124 Å². The predicted molar refractivity (Wildman–Crippen MR) is 103 cm³/mol. The van der Waals surface area contributed by atoms with E-state index >= 15 is 0 Å². The van der Waals surface area contributed by atoms with E-state index in [4.69, 9.17) is 10.6 Å². The zero-order valence-electron chi connectivity index (χ0n) is 15.9. The van der Waals surface area contributed by atoms with Crippen LogP contribution in [0.5, 0.6) is 5.75 Å². The quantitative estimate of drug-likeness (QED) is 0.632. The molecule has 1 saturated heterocycles. The van der Waals surface area contributed by atoms with Gasteiger partial charge in [-0.2, -0.15) is 0 Å². The summed E-state index contributed by atoms with van der Waals surface area (Å²) in [6.07, 6.45) is -4.05. The number of ether oxygens (including phenoxy) is 1. The highest BCUT2D eigenvalue weighted by atomic mass is 32.2. The number of nitrogens with zero attached hydrogens (tertiary/aromatic N) is 2. The van der Waals surface area contributed by atoms with Gasteiger partial charge < -0.3 is 15.4 Å². The van der Waals surface area contributed by atoms with Gasteiger partial charge in [-0.15, -0.1) is 13.2 Å². The van der Waals surface area contributed by atoms with Crippen molar-refractivity contribution in [3.63, 3.8) is 0 Å². The number of alkyl halides is 3. The normalized spacial score (nSPS) is 19.6. The fourth-order valence-electron chi connectivity index (χ4n) is 3.22. The summed E-state index contributed by atoms with van der Waals surface area (Å²) >= 11 is 0. The van der Waals surface area contributed by atoms with Crippen LogP contribution in [0.25, 0.3) is 0 Å². The van der Waals surface area contributed by atoms with Gasteiger partial charge in [-0.1, -0.05) is 6.07 Å². The van der Waals surface area contributed by atoms with E-state index in [1.165, 1.54) is 0 Å². The van der Waals surface area contributed by atoms with Gasteiger partial charge in [-0.3, -0.25) is 4.84 Å². The number of hydrogen-bond donors (Lipinski definition) is 2. The van der Waals surface area contributed by atoms with Crippen LogP contribution < -0.4 is 20.9 Å². The van der Waals surface area contributed by atoms with Crippen LogP contribution in [-0.4, -0.2) is 50.2 Å². The molecule has 0 saturated carbocycles. The number of nitrogens with one attached hydrogen (secondary N) is 1. The van der Waals surface area contributed by atoms with Crippen molar-refractivity contribution in [3.8, 4) is 5.75 Å². The Morgan fingerprint density at radius 1 is 1.19 bits per heavy atom. The van der Waals surface area contributed by atoms with E-state index in [0.717, 1.165) is 24.3 Å². The van der Waals surface area contributed by atoms with Gasteiger partial charge in [0.25, 0.3) is 0 Å². The lowest BCUT2D eigenvalue weighted by atomic mass is 10.1. The van der Waals surface area contributed by atoms with Crippen LogP contribution in [0.3, 0.4) is 0 Å². The highest BCUT2D eigenvalue weighted by Gasteiger charge is 2.41. The maximum Gasteiger partial charge on any atom is 0.573 e. The first-order valence-corrected chi connectivity index (χ1v) is 10.6. The van der Waals surface area contributed by atoms with E-state index < -0.39 is 39.3 Å². The molecule has 2 aromatic rings. The second-order valence-electron chi connectivity index (χ2n) is 6.65. The Bertz CT molecular complexity index is 1000. The highest BCUT2D eigenvalue weighted by molar-refractivity contribution is 7.92. The standard InChI is InChI=1S/C18H19F3N4O5S/c19-18(20,21)29-12-4-6-13(7-5-12)31(27,28)15-11-25(16-3-1-2-9-23-16)10-8-14(15)30-24-17(22)26/h1-7,9,14-15H,8,10-11H2,(H3,22,24,26). The number of hydrogen-bond acceptors (Lipinski definition) is 7. The number of primary amides is 1. The lowest BCUT2D eigenvalue weighted by molar-refractivity contribution is -0.274. The van der Waals surface area contributed by atoms with Crippen molar-refractivity contribution in [1.29, 1.82) is 0 Å². The molecule has 9 nitrogen and oxygen atoms in total. The monoisotopic (exact) mass is 460 g/mol. The molecule has 2 amide bonds. The lowest BCUT2D eigenvalue weighted by Crippen LogP contribution is -2.53. The van der Waals surface area contributed by atoms with Crippen molar-refractivity contribution in [2.45, 2.75) is 29.0 Å². The van der Waals surface area contributed by atoms with Crippen LogP contribution in [0.15, 0.2) is 53.6 Å². The van der Waals surface area contributed by atoms with Crippen LogP contribution in [0.2, 0.25) is 0 Å². The van der Waals surface area contributed by atoms with E-state index in [-0.39, 0.29) is 17.9 Å². The molecule has 0 radical (unpaired) electrons. The van der Waals surface area contributed by atoms with Crippen LogP contribution in [0.1, 0.15) is 6.42 Å². The molecule has 31 heavy (non-hydrogen) atoms. The summed E-state index contributed by atoms with van der Waals surface area (Å²) in [5.74, 6) is 0.00587. The van der Waals surface area contributed by atoms with Crippen LogP contribution in [-0.2, 0) is 14.7 Å². The molecule has 13 heteroatoms. The molecule has 0 bridgehead atoms. The molecule has 3 rings (SSSR count). The van der Waals surface area contributed by atoms with Gasteiger partial charge in [0.2, 0.25) is 0 Å². The molecule has 1 aliphatic heterocycles. The van der Waals surface area contributed by atoms with Crippen molar-refractivity contribution < 1.29 is 36.0 Å². The molecule has 1 aliphatic rings. The third kappa shape index (κ3) is 5.76. The second kappa shape index (κ2) is 8.98. The number of hydroxylamine groups is 1. The summed E-state index contributed by atoms with van der Waals surface area (Å²) in [4.78, 5) is 22.0. The number of amides is 2. The van der Waals surface area contributed by atoms with Gasteiger partial charge in [0, 0.05) is 19.3 Å². The Hall–Kier alpha value is -3.06. The molecule has 1 fully saturated rings. The average molecular weight is 460 g/mol. The number of aromatic nitrogens is 1. The first kappa shape index (κ1) is 22.6. The summed E-state index contributed by atoms with van der Waals surface area (Å²) in [7, 11) is -4.08. The molecule has 168 valence electrons. The van der Waals surface area contributed by atoms with Gasteiger partial charge in [0.15, 0.2) is 9.84 Å². The summed E-state index contributed by atoms with van der Waals surface area (Å²) in [5.41, 5.74) is 6.96. The van der Waals surface area contributed by atoms with Gasteiger partial charge in [-0.05, 0) is 42.8 Å². The minimum Gasteiger partial charge on any atom is -0.406 e. The first-order valence-electron chi connectivity index (χ1n) is 9.03. The molecular formula is C18H19F3N4O5S. The Morgan fingerprint density at radius 3 is 2.48 bits per heavy atom. The lowest BCUT2D eigenvalue weighted by Gasteiger charge is -2.38. The summed E-state index contributed by atoms with van der Waals surface area (Å²) in [6, 6.07) is 8.07. The Morgan fingerprint density at radius 2 is 1.90 bits per heavy atom. The first-order chi connectivity index (χ1) is 14.6. The number of nitrogens with two attached hydrogens (primary N) is 1. The Kier molecular flexibility index (Phi) is 6.55. The minimum atomic E-state index is -4.90. The summed E-state index contributed by atoms with van der Waals surface area (Å²) in [5, 5.41) is -1.16. The number of anilines is 1. The SMILES string of the molecule is NC(=O)NOC1CCN(c2ccccn2)CC1S(=O)(=O)c1ccc(OC(F)(F)F)cc1. The molecule has 2 atom stereocenters. The smallest absolute Gasteiger partial charge is 0.406 e. The Labute approximate surface area is 175 Å². The average Bonchev–Trinajstić information content (AvgIpc) is 2.72. The number of halogens is 3. The number of pyridine rings is 1. The van der Waals surface area contributed by atoms with Gasteiger partial charge in [0.1, 0.15) is 22.9 Å². The van der Waals surface area contributed by atoms with E-state index in [0.29, 0.717) is 12.4 Å². The predicted octanol–water partition coefficient (Wildman–Crippen LogP) is 2.00. The zero-order chi connectivity index (χ0) is 22.6. The molecule has 0 aliphatic carbocycles. The Balaban J connectivity index is 1.87. The van der Waals surface area contributed by atoms with Crippen molar-refractivity contribution >= 4 is 21.7 Å². The van der Waals surface area contributed by atoms with Crippen molar-refractivity contribution in [2.75, 3.05) is 18.0 Å². The number of sulfone groups is 1. The third-order valence-electron chi connectivity index (χ3n) is 4.57. The molecule has 0 spiro atoms. The fraction of sp³-hybridized carbons (Fsp3) is 0.333. The summed E-state index contributed by atoms with van der Waals surface area (Å²) in [6.45, 7) is 0.373. The maximum atomic E-state index is 13.3. The van der Waals surface area contributed by atoms with Crippen LogP contribution >= 0.6 is 0 Å². The van der Waals surface area contributed by atoms with Gasteiger partial charge in [-0.25, -0.2) is 23.7 Å². The number of carbonyl (C=O) groups excluding carboxylic acids is 1. The summed E-state index contributed by atoms with van der Waals surface area (Å²) < 4.78 is 67.4. The van der Waals surface area contributed by atoms with Crippen LogP contribution in [0.4, 0.5) is 23.8 Å².